The molecule has 0 radical (unpaired) electrons. The molecule has 1 aliphatic heterocycles. The van der Waals surface area contributed by atoms with Gasteiger partial charge in [-0.25, -0.2) is 0 Å². The van der Waals surface area contributed by atoms with Gasteiger partial charge in [0.15, 0.2) is 0 Å². The number of likely N-dealkylation sites (N-methyl/N-ethyl adjacent to an activating group) is 1. The summed E-state index contributed by atoms with van der Waals surface area (Å²) in [5.41, 5.74) is 2.81. The molecule has 4 aromatic rings. The van der Waals surface area contributed by atoms with Crippen LogP contribution in [0.3, 0.4) is 0 Å². The molecular weight excluding hydrogens is 660 g/mol. The van der Waals surface area contributed by atoms with E-state index in [9.17, 15) is 29.1 Å². The average Bonchev–Trinajstić information content (AvgIpc) is 3.54. The third-order valence-electron chi connectivity index (χ3n) is 9.46. The number of nitrogens with zero attached hydrogens (tertiary/aromatic N) is 2. The molecule has 52 heavy (non-hydrogen) atoms. The highest BCUT2D eigenvalue weighted by molar-refractivity contribution is 5.98. The first-order valence-electron chi connectivity index (χ1n) is 17.6. The molecule has 1 aliphatic rings. The van der Waals surface area contributed by atoms with Gasteiger partial charge in [-0.3, -0.25) is 24.0 Å². The SMILES string of the molecule is C[C@H]1C(=O)N[C@@H](Cc2ccccc2)C(=O)NCCN(C(=O)c2cccc(CCC(C)(C)O)c2)CC(=O)N[C@@H](Cc2c[nH]c3ccccc23)C(=O)N1C. The Hall–Kier alpha value is -5.49. The Morgan fingerprint density at radius 3 is 2.33 bits per heavy atom. The minimum Gasteiger partial charge on any atom is -0.390 e. The molecule has 5 N–H and O–H groups in total. The quantitative estimate of drug-likeness (QED) is 0.189. The smallest absolute Gasteiger partial charge is 0.254 e. The van der Waals surface area contributed by atoms with Crippen molar-refractivity contribution in [3.63, 3.8) is 0 Å². The number of aromatic amines is 1. The van der Waals surface area contributed by atoms with Gasteiger partial charge >= 0.3 is 0 Å². The molecule has 274 valence electrons. The number of benzene rings is 3. The lowest BCUT2D eigenvalue weighted by atomic mass is 9.97. The van der Waals surface area contributed by atoms with Gasteiger partial charge in [0.25, 0.3) is 5.91 Å². The zero-order chi connectivity index (χ0) is 37.4. The first-order valence-corrected chi connectivity index (χ1v) is 17.6. The number of rotatable bonds is 8. The monoisotopic (exact) mass is 708 g/mol. The van der Waals surface area contributed by atoms with Crippen LogP contribution >= 0.6 is 0 Å². The molecule has 12 nitrogen and oxygen atoms in total. The summed E-state index contributed by atoms with van der Waals surface area (Å²) in [7, 11) is 1.49. The zero-order valence-corrected chi connectivity index (χ0v) is 30.1. The Morgan fingerprint density at radius 2 is 1.58 bits per heavy atom. The molecule has 2 heterocycles. The van der Waals surface area contributed by atoms with Crippen molar-refractivity contribution in [2.24, 2.45) is 0 Å². The third-order valence-corrected chi connectivity index (χ3v) is 9.46. The van der Waals surface area contributed by atoms with Gasteiger partial charge in [0.05, 0.1) is 12.1 Å². The maximum absolute atomic E-state index is 14.1. The Bertz CT molecular complexity index is 1900. The number of fused-ring (bicyclic) bond motifs is 1. The molecule has 0 bridgehead atoms. The molecule has 0 unspecified atom stereocenters. The molecule has 3 atom stereocenters. The number of H-pyrrole nitrogens is 1. The van der Waals surface area contributed by atoms with Crippen LogP contribution in [-0.4, -0.2) is 99.8 Å². The minimum absolute atomic E-state index is 0.00452. The summed E-state index contributed by atoms with van der Waals surface area (Å²) in [6.45, 7) is 4.62. The summed E-state index contributed by atoms with van der Waals surface area (Å²) in [5.74, 6) is -2.50. The van der Waals surface area contributed by atoms with Crippen molar-refractivity contribution in [3.8, 4) is 0 Å². The van der Waals surface area contributed by atoms with Gasteiger partial charge in [-0.2, -0.15) is 0 Å². The van der Waals surface area contributed by atoms with Crippen LogP contribution in [0.15, 0.2) is 85.1 Å². The van der Waals surface area contributed by atoms with Crippen molar-refractivity contribution in [1.29, 1.82) is 0 Å². The highest BCUT2D eigenvalue weighted by Gasteiger charge is 2.33. The van der Waals surface area contributed by atoms with Gasteiger partial charge in [-0.05, 0) is 68.5 Å². The van der Waals surface area contributed by atoms with E-state index in [0.29, 0.717) is 18.4 Å². The summed E-state index contributed by atoms with van der Waals surface area (Å²) in [6, 6.07) is 20.9. The standard InChI is InChI=1S/C40H48N6O6/c1-26-36(48)44-33(22-27-11-6-5-7-12-27)37(49)41-19-20-46(38(50)29-14-10-13-28(21-29)17-18-40(2,3)52)25-35(47)43-34(39(51)45(26)4)23-30-24-42-32-16-9-8-15-31(30)32/h5-16,21,24,26,33-34,42,52H,17-20,22-23,25H2,1-4H3,(H,41,49)(H,43,47)(H,44,48)/t26-,33-,34-/m0/s1. The zero-order valence-electron chi connectivity index (χ0n) is 30.1. The average molecular weight is 709 g/mol. The molecule has 0 aliphatic carbocycles. The van der Waals surface area contributed by atoms with Crippen molar-refractivity contribution in [3.05, 3.63) is 107 Å². The Labute approximate surface area is 304 Å². The van der Waals surface area contributed by atoms with Crippen LogP contribution in [0.2, 0.25) is 0 Å². The lowest BCUT2D eigenvalue weighted by Crippen LogP contribution is -2.57. The fourth-order valence-electron chi connectivity index (χ4n) is 6.28. The fourth-order valence-corrected chi connectivity index (χ4v) is 6.28. The van der Waals surface area contributed by atoms with E-state index in [4.69, 9.17) is 0 Å². The van der Waals surface area contributed by atoms with Gasteiger partial charge in [0.1, 0.15) is 18.1 Å². The van der Waals surface area contributed by atoms with Crippen molar-refractivity contribution >= 4 is 40.4 Å². The van der Waals surface area contributed by atoms with E-state index in [0.717, 1.165) is 27.6 Å². The highest BCUT2D eigenvalue weighted by atomic mass is 16.3. The first-order chi connectivity index (χ1) is 24.8. The van der Waals surface area contributed by atoms with Crippen LogP contribution in [0.5, 0.6) is 0 Å². The Morgan fingerprint density at radius 1 is 0.865 bits per heavy atom. The third kappa shape index (κ3) is 9.85. The number of aryl methyl sites for hydroxylation is 1. The minimum atomic E-state index is -1.07. The summed E-state index contributed by atoms with van der Waals surface area (Å²) in [6.07, 6.45) is 3.15. The van der Waals surface area contributed by atoms with Crippen molar-refractivity contribution in [2.45, 2.75) is 70.2 Å². The van der Waals surface area contributed by atoms with Crippen LogP contribution in [0.1, 0.15) is 54.2 Å². The van der Waals surface area contributed by atoms with Crippen LogP contribution in [0.4, 0.5) is 0 Å². The summed E-state index contributed by atoms with van der Waals surface area (Å²) >= 11 is 0. The van der Waals surface area contributed by atoms with Gasteiger partial charge in [0.2, 0.25) is 23.6 Å². The second-order valence-electron chi connectivity index (χ2n) is 14.1. The van der Waals surface area contributed by atoms with Crippen LogP contribution in [-0.2, 0) is 38.4 Å². The van der Waals surface area contributed by atoms with Gasteiger partial charge in [-0.15, -0.1) is 0 Å². The number of nitrogens with one attached hydrogen (secondary N) is 4. The van der Waals surface area contributed by atoms with E-state index < -0.39 is 53.3 Å². The van der Waals surface area contributed by atoms with E-state index in [1.165, 1.54) is 16.8 Å². The first kappa shape index (κ1) is 37.8. The summed E-state index contributed by atoms with van der Waals surface area (Å²) < 4.78 is 0. The van der Waals surface area contributed by atoms with E-state index in [2.05, 4.69) is 20.9 Å². The van der Waals surface area contributed by atoms with E-state index in [1.54, 1.807) is 45.2 Å². The van der Waals surface area contributed by atoms with Crippen molar-refractivity contribution in [2.75, 3.05) is 26.7 Å². The van der Waals surface area contributed by atoms with Gasteiger partial charge in [-0.1, -0.05) is 60.7 Å². The van der Waals surface area contributed by atoms with Gasteiger partial charge in [0, 0.05) is 55.6 Å². The maximum atomic E-state index is 14.1. The Kier molecular flexibility index (Phi) is 12.1. The van der Waals surface area contributed by atoms with Gasteiger partial charge < -0.3 is 35.8 Å². The van der Waals surface area contributed by atoms with E-state index >= 15 is 0 Å². The number of carbonyl (C=O) groups is 5. The Balaban J connectivity index is 1.46. The maximum Gasteiger partial charge on any atom is 0.254 e. The predicted octanol–water partition coefficient (Wildman–Crippen LogP) is 2.75. The number of hydrogen-bond donors (Lipinski definition) is 5. The number of hydrogen-bond acceptors (Lipinski definition) is 6. The normalized spacial score (nSPS) is 19.8. The van der Waals surface area contributed by atoms with Crippen LogP contribution in [0.25, 0.3) is 10.9 Å². The van der Waals surface area contributed by atoms with Crippen LogP contribution in [0, 0.1) is 0 Å². The number of amides is 5. The number of aliphatic hydroxyl groups is 1. The molecule has 1 fully saturated rings. The molecular formula is C40H48N6O6. The second kappa shape index (κ2) is 16.7. The van der Waals surface area contributed by atoms with Crippen molar-refractivity contribution in [1.82, 2.24) is 30.7 Å². The van der Waals surface area contributed by atoms with Crippen molar-refractivity contribution < 1.29 is 29.1 Å². The summed E-state index contributed by atoms with van der Waals surface area (Å²) in [4.78, 5) is 74.9. The van der Waals surface area contributed by atoms with E-state index in [-0.39, 0.29) is 32.5 Å². The number of para-hydroxylation sites is 1. The second-order valence-corrected chi connectivity index (χ2v) is 14.1. The lowest BCUT2D eigenvalue weighted by Gasteiger charge is -2.30. The predicted molar refractivity (Wildman–Crippen MR) is 198 cm³/mol. The van der Waals surface area contributed by atoms with Crippen LogP contribution < -0.4 is 16.0 Å². The molecule has 1 aromatic heterocycles. The molecule has 0 saturated carbocycles. The molecule has 1 saturated heterocycles. The molecule has 5 rings (SSSR count). The van der Waals surface area contributed by atoms with E-state index in [1.807, 2.05) is 60.7 Å². The highest BCUT2D eigenvalue weighted by Crippen LogP contribution is 2.21. The largest absolute Gasteiger partial charge is 0.390 e. The number of carbonyl (C=O) groups excluding carboxylic acids is 5. The molecule has 3 aromatic carbocycles. The molecule has 12 heteroatoms. The summed E-state index contributed by atoms with van der Waals surface area (Å²) in [5, 5.41) is 19.7. The molecule has 0 spiro atoms. The topological polar surface area (TPSA) is 164 Å². The lowest BCUT2D eigenvalue weighted by molar-refractivity contribution is -0.142. The number of aromatic nitrogens is 1. The fraction of sp³-hybridized carbons (Fsp3) is 0.375. The molecule has 5 amide bonds.